The summed E-state index contributed by atoms with van der Waals surface area (Å²) in [5.74, 6) is 2.47. The number of rotatable bonds is 4. The van der Waals surface area contributed by atoms with E-state index in [4.69, 9.17) is 6.42 Å². The summed E-state index contributed by atoms with van der Waals surface area (Å²) in [6.07, 6.45) is 9.22. The van der Waals surface area contributed by atoms with Gasteiger partial charge in [-0.25, -0.2) is 4.98 Å². The molecule has 1 amide bonds. The van der Waals surface area contributed by atoms with Crippen LogP contribution in [0.3, 0.4) is 0 Å². The van der Waals surface area contributed by atoms with Crippen LogP contribution in [-0.4, -0.2) is 27.6 Å². The van der Waals surface area contributed by atoms with Crippen LogP contribution in [0.5, 0.6) is 0 Å². The van der Waals surface area contributed by atoms with Crippen molar-refractivity contribution in [2.45, 2.75) is 17.9 Å². The molecule has 0 saturated carbocycles. The lowest BCUT2D eigenvalue weighted by Crippen LogP contribution is -2.35. The van der Waals surface area contributed by atoms with Gasteiger partial charge < -0.3 is 14.6 Å². The molecule has 1 N–H and O–H groups in total. The fraction of sp³-hybridized carbons (Fsp3) is 0.167. The lowest BCUT2D eigenvalue weighted by Gasteiger charge is -2.35. The van der Waals surface area contributed by atoms with E-state index in [0.717, 1.165) is 22.4 Å². The lowest BCUT2D eigenvalue weighted by molar-refractivity contribution is -0.118. The number of carbonyl (C=O) groups is 1. The number of terminal acetylenes is 1. The van der Waals surface area contributed by atoms with Gasteiger partial charge in [-0.15, -0.1) is 6.42 Å². The van der Waals surface area contributed by atoms with Crippen molar-refractivity contribution in [1.29, 1.82) is 5.26 Å². The van der Waals surface area contributed by atoms with E-state index in [1.807, 2.05) is 49.5 Å². The second-order valence-electron chi connectivity index (χ2n) is 9.04. The van der Waals surface area contributed by atoms with Crippen LogP contribution in [0.15, 0.2) is 79.3 Å². The first-order chi connectivity index (χ1) is 17.4. The highest BCUT2D eigenvalue weighted by molar-refractivity contribution is 5.97. The molecular formula is C30H24N4O2. The molecule has 6 heteroatoms. The molecular weight excluding hydrogens is 448 g/mol. The summed E-state index contributed by atoms with van der Waals surface area (Å²) in [5.41, 5.74) is 4.21. The number of nitriles is 1. The average molecular weight is 473 g/mol. The van der Waals surface area contributed by atoms with E-state index >= 15 is 0 Å². The Morgan fingerprint density at radius 3 is 2.47 bits per heavy atom. The summed E-state index contributed by atoms with van der Waals surface area (Å²) in [4.78, 5) is 18.8. The van der Waals surface area contributed by atoms with Gasteiger partial charge in [0, 0.05) is 37.7 Å². The van der Waals surface area contributed by atoms with E-state index in [-0.39, 0.29) is 11.8 Å². The number of carbonyl (C=O) groups excluding carboxylic acids is 1. The Morgan fingerprint density at radius 2 is 1.81 bits per heavy atom. The van der Waals surface area contributed by atoms with Gasteiger partial charge >= 0.3 is 0 Å². The molecule has 0 aliphatic carbocycles. The second kappa shape index (κ2) is 8.85. The van der Waals surface area contributed by atoms with Crippen LogP contribution in [0.25, 0.3) is 0 Å². The normalized spacial score (nSPS) is 16.5. The van der Waals surface area contributed by atoms with Crippen molar-refractivity contribution in [3.63, 3.8) is 0 Å². The Labute approximate surface area is 210 Å². The number of hydrogen-bond donors (Lipinski definition) is 1. The van der Waals surface area contributed by atoms with Crippen molar-refractivity contribution in [2.24, 2.45) is 7.05 Å². The number of aryl methyl sites for hydroxylation is 1. The van der Waals surface area contributed by atoms with Gasteiger partial charge in [0.05, 0.1) is 29.9 Å². The first-order valence-corrected chi connectivity index (χ1v) is 11.5. The number of anilines is 1. The van der Waals surface area contributed by atoms with E-state index in [1.54, 1.807) is 53.3 Å². The molecule has 3 aromatic carbocycles. The van der Waals surface area contributed by atoms with Gasteiger partial charge in [-0.05, 0) is 58.7 Å². The number of nitrogens with zero attached hydrogens (tertiary/aromatic N) is 4. The van der Waals surface area contributed by atoms with Crippen LogP contribution in [0.4, 0.5) is 5.69 Å². The number of aromatic nitrogens is 2. The highest BCUT2D eigenvalue weighted by atomic mass is 16.3. The summed E-state index contributed by atoms with van der Waals surface area (Å²) in [6.45, 7) is 0. The maximum Gasteiger partial charge on any atom is 0.227 e. The topological polar surface area (TPSA) is 82.2 Å². The average Bonchev–Trinajstić information content (AvgIpc) is 3.36. The predicted octanol–water partition coefficient (Wildman–Crippen LogP) is 4.06. The molecule has 0 bridgehead atoms. The Balaban J connectivity index is 1.73. The molecule has 4 aromatic rings. The minimum atomic E-state index is -1.54. The molecule has 176 valence electrons. The molecule has 0 radical (unpaired) electrons. The first kappa shape index (κ1) is 23.1. The van der Waals surface area contributed by atoms with Gasteiger partial charge in [-0.3, -0.25) is 4.79 Å². The maximum atomic E-state index is 12.9. The maximum absolute atomic E-state index is 12.9. The van der Waals surface area contributed by atoms with Crippen LogP contribution in [-0.2, 0) is 17.4 Å². The quantitative estimate of drug-likeness (QED) is 0.454. The third-order valence-electron chi connectivity index (χ3n) is 7.01. The zero-order valence-electron chi connectivity index (χ0n) is 20.0. The van der Waals surface area contributed by atoms with Gasteiger partial charge in [0.2, 0.25) is 5.91 Å². The molecule has 1 aromatic heterocycles. The number of amides is 1. The molecule has 5 rings (SSSR count). The van der Waals surface area contributed by atoms with Crippen LogP contribution in [0.1, 0.15) is 51.4 Å². The number of imidazole rings is 1. The fourth-order valence-electron chi connectivity index (χ4n) is 5.02. The van der Waals surface area contributed by atoms with Crippen molar-refractivity contribution in [1.82, 2.24) is 9.55 Å². The summed E-state index contributed by atoms with van der Waals surface area (Å²) >= 11 is 0. The Morgan fingerprint density at radius 1 is 1.06 bits per heavy atom. The smallest absolute Gasteiger partial charge is 0.227 e. The lowest BCUT2D eigenvalue weighted by atomic mass is 9.78. The molecule has 1 aliphatic rings. The van der Waals surface area contributed by atoms with E-state index in [1.165, 1.54) is 0 Å². The largest absolute Gasteiger partial charge is 0.374 e. The second-order valence-corrected chi connectivity index (χ2v) is 9.04. The van der Waals surface area contributed by atoms with Gasteiger partial charge in [-0.1, -0.05) is 36.3 Å². The molecule has 1 aliphatic heterocycles. The molecule has 1 unspecified atom stereocenters. The van der Waals surface area contributed by atoms with Gasteiger partial charge in [0.1, 0.15) is 0 Å². The van der Waals surface area contributed by atoms with Crippen molar-refractivity contribution in [3.8, 4) is 18.4 Å². The van der Waals surface area contributed by atoms with Crippen LogP contribution in [0, 0.1) is 23.7 Å². The Hall–Kier alpha value is -4.65. The predicted molar refractivity (Wildman–Crippen MR) is 137 cm³/mol. The highest BCUT2D eigenvalue weighted by Gasteiger charge is 2.39. The molecule has 0 saturated heterocycles. The summed E-state index contributed by atoms with van der Waals surface area (Å²) in [6, 6.07) is 22.4. The first-order valence-electron chi connectivity index (χ1n) is 11.5. The molecule has 36 heavy (non-hydrogen) atoms. The third-order valence-corrected chi connectivity index (χ3v) is 7.01. The monoisotopic (exact) mass is 472 g/mol. The molecule has 2 atom stereocenters. The van der Waals surface area contributed by atoms with Crippen LogP contribution >= 0.6 is 0 Å². The van der Waals surface area contributed by atoms with Crippen LogP contribution in [0.2, 0.25) is 0 Å². The minimum absolute atomic E-state index is 0.0142. The summed E-state index contributed by atoms with van der Waals surface area (Å²) < 4.78 is 1.78. The van der Waals surface area contributed by atoms with Crippen molar-refractivity contribution >= 4 is 11.6 Å². The Kier molecular flexibility index (Phi) is 5.68. The fourth-order valence-corrected chi connectivity index (χ4v) is 5.02. The Bertz CT molecular complexity index is 1560. The van der Waals surface area contributed by atoms with E-state index < -0.39 is 5.60 Å². The SMILES string of the molecule is C#Cc1cccc(C2CC(=O)N(C)c3ccc([C@](O)(c4ccc(C#N)cc4)c4cncn4C)cc32)c1. The zero-order chi connectivity index (χ0) is 25.4. The number of fused-ring (bicyclic) bond motifs is 1. The molecule has 6 nitrogen and oxygen atoms in total. The number of aliphatic hydroxyl groups is 1. The van der Waals surface area contributed by atoms with E-state index in [2.05, 4.69) is 17.0 Å². The summed E-state index contributed by atoms with van der Waals surface area (Å²) in [5, 5.41) is 21.6. The van der Waals surface area contributed by atoms with Crippen LogP contribution < -0.4 is 4.90 Å². The van der Waals surface area contributed by atoms with Gasteiger partial charge in [0.15, 0.2) is 5.60 Å². The minimum Gasteiger partial charge on any atom is -0.374 e. The van der Waals surface area contributed by atoms with Gasteiger partial charge in [-0.2, -0.15) is 5.26 Å². The molecule has 2 heterocycles. The third kappa shape index (κ3) is 3.65. The van der Waals surface area contributed by atoms with E-state index in [0.29, 0.717) is 28.8 Å². The molecule has 0 fully saturated rings. The molecule has 0 spiro atoms. The van der Waals surface area contributed by atoms with E-state index in [9.17, 15) is 15.2 Å². The van der Waals surface area contributed by atoms with Crippen molar-refractivity contribution in [2.75, 3.05) is 11.9 Å². The standard InChI is InChI=1S/C30H24N4O2/c1-4-20-6-5-7-22(14-20)25-16-29(35)34(3)27-13-12-24(15-26(25)27)30(36,28-18-32-19-33(28)2)23-10-8-21(17-31)9-11-23/h1,5-15,18-19,25,36H,16H2,2-3H3/t25?,30-/m1/s1. The summed E-state index contributed by atoms with van der Waals surface area (Å²) in [7, 11) is 3.60. The van der Waals surface area contributed by atoms with Crippen molar-refractivity contribution < 1.29 is 9.90 Å². The van der Waals surface area contributed by atoms with Gasteiger partial charge in [0.25, 0.3) is 0 Å². The van der Waals surface area contributed by atoms with Crippen molar-refractivity contribution in [3.05, 3.63) is 118 Å². The number of benzene rings is 3. The number of hydrogen-bond acceptors (Lipinski definition) is 4. The highest BCUT2D eigenvalue weighted by Crippen LogP contribution is 2.44. The zero-order valence-corrected chi connectivity index (χ0v) is 20.0.